The summed E-state index contributed by atoms with van der Waals surface area (Å²) in [6, 6.07) is 4.61. The van der Waals surface area contributed by atoms with Gasteiger partial charge in [-0.25, -0.2) is 9.37 Å². The number of nitrogens with zero attached hydrogens (tertiary/aromatic N) is 2. The minimum atomic E-state index is -0.496. The van der Waals surface area contributed by atoms with Gasteiger partial charge in [-0.1, -0.05) is 6.07 Å². The van der Waals surface area contributed by atoms with Gasteiger partial charge in [-0.2, -0.15) is 0 Å². The molecule has 1 heterocycles. The van der Waals surface area contributed by atoms with Gasteiger partial charge in [0.15, 0.2) is 6.29 Å². The Kier molecular flexibility index (Phi) is 3.72. The van der Waals surface area contributed by atoms with E-state index in [9.17, 15) is 9.18 Å². The molecule has 0 aliphatic rings. The highest BCUT2D eigenvalue weighted by atomic mass is 32.1. The number of rotatable bonds is 4. The third-order valence-electron chi connectivity index (χ3n) is 2.62. The summed E-state index contributed by atoms with van der Waals surface area (Å²) in [5, 5.41) is 2.96. The van der Waals surface area contributed by atoms with E-state index in [2.05, 4.69) is 4.98 Å². The number of anilines is 1. The van der Waals surface area contributed by atoms with Crippen molar-refractivity contribution in [2.45, 2.75) is 13.5 Å². The monoisotopic (exact) mass is 264 g/mol. The van der Waals surface area contributed by atoms with Crippen molar-refractivity contribution in [3.8, 4) is 0 Å². The van der Waals surface area contributed by atoms with Crippen molar-refractivity contribution in [1.82, 2.24) is 4.98 Å². The molecule has 0 saturated heterocycles. The number of carbonyl (C=O) groups is 1. The first-order valence-corrected chi connectivity index (χ1v) is 6.35. The molecule has 0 aliphatic carbocycles. The standard InChI is InChI=1S/C13H13FN2OS/c1-9-15-10(8-18-9)6-16(2)13-5-3-4-12(14)11(13)7-17/h3-5,7-8H,6H2,1-2H3. The lowest BCUT2D eigenvalue weighted by Crippen LogP contribution is -2.18. The number of aromatic nitrogens is 1. The lowest BCUT2D eigenvalue weighted by molar-refractivity contribution is 0.112. The van der Waals surface area contributed by atoms with Gasteiger partial charge in [0.25, 0.3) is 0 Å². The first-order valence-electron chi connectivity index (χ1n) is 5.47. The summed E-state index contributed by atoms with van der Waals surface area (Å²) in [5.74, 6) is -0.496. The number of carbonyl (C=O) groups excluding carboxylic acids is 1. The molecule has 5 heteroatoms. The number of halogens is 1. The Morgan fingerprint density at radius 1 is 1.50 bits per heavy atom. The predicted molar refractivity (Wildman–Crippen MR) is 70.7 cm³/mol. The van der Waals surface area contributed by atoms with E-state index in [0.717, 1.165) is 10.7 Å². The molecule has 2 aromatic rings. The molecule has 1 aromatic heterocycles. The summed E-state index contributed by atoms with van der Waals surface area (Å²) < 4.78 is 13.5. The van der Waals surface area contributed by atoms with Gasteiger partial charge in [-0.05, 0) is 19.1 Å². The topological polar surface area (TPSA) is 33.2 Å². The van der Waals surface area contributed by atoms with Gasteiger partial charge < -0.3 is 4.90 Å². The van der Waals surface area contributed by atoms with E-state index in [0.29, 0.717) is 18.5 Å². The second kappa shape index (κ2) is 5.27. The van der Waals surface area contributed by atoms with Crippen molar-refractivity contribution >= 4 is 23.3 Å². The van der Waals surface area contributed by atoms with E-state index in [-0.39, 0.29) is 5.56 Å². The molecule has 0 radical (unpaired) electrons. The minimum Gasteiger partial charge on any atom is -0.368 e. The molecule has 1 aromatic carbocycles. The Labute approximate surface area is 109 Å². The molecule has 0 bridgehead atoms. The van der Waals surface area contributed by atoms with Crippen molar-refractivity contribution in [2.24, 2.45) is 0 Å². The summed E-state index contributed by atoms with van der Waals surface area (Å²) >= 11 is 1.57. The molecule has 0 N–H and O–H groups in total. The summed E-state index contributed by atoms with van der Waals surface area (Å²) in [5.41, 5.74) is 1.59. The zero-order valence-electron chi connectivity index (χ0n) is 10.2. The van der Waals surface area contributed by atoms with Crippen LogP contribution in [0.3, 0.4) is 0 Å². The number of thiazole rings is 1. The van der Waals surface area contributed by atoms with E-state index in [1.54, 1.807) is 23.5 Å². The average Bonchev–Trinajstić information content (AvgIpc) is 2.74. The summed E-state index contributed by atoms with van der Waals surface area (Å²) in [6.07, 6.45) is 0.549. The van der Waals surface area contributed by atoms with Crippen LogP contribution >= 0.6 is 11.3 Å². The normalized spacial score (nSPS) is 10.4. The van der Waals surface area contributed by atoms with Crippen molar-refractivity contribution in [3.63, 3.8) is 0 Å². The zero-order chi connectivity index (χ0) is 13.1. The van der Waals surface area contributed by atoms with Crippen LogP contribution in [0.4, 0.5) is 10.1 Å². The van der Waals surface area contributed by atoms with Crippen molar-refractivity contribution < 1.29 is 9.18 Å². The van der Waals surface area contributed by atoms with Crippen LogP contribution in [0.25, 0.3) is 0 Å². The average molecular weight is 264 g/mol. The molecule has 18 heavy (non-hydrogen) atoms. The van der Waals surface area contributed by atoms with Crippen molar-refractivity contribution in [3.05, 3.63) is 45.7 Å². The SMILES string of the molecule is Cc1nc(CN(C)c2cccc(F)c2C=O)cs1. The number of hydrogen-bond donors (Lipinski definition) is 0. The Bertz CT molecular complexity index is 568. The van der Waals surface area contributed by atoms with E-state index < -0.39 is 5.82 Å². The number of benzene rings is 1. The fraction of sp³-hybridized carbons (Fsp3) is 0.231. The third-order valence-corrected chi connectivity index (χ3v) is 3.45. The van der Waals surface area contributed by atoms with E-state index in [4.69, 9.17) is 0 Å². The molecular formula is C13H13FN2OS. The second-order valence-electron chi connectivity index (χ2n) is 4.00. The molecule has 0 aliphatic heterocycles. The van der Waals surface area contributed by atoms with Crippen LogP contribution in [0.2, 0.25) is 0 Å². The van der Waals surface area contributed by atoms with Crippen LogP contribution < -0.4 is 4.90 Å². The Morgan fingerprint density at radius 2 is 2.28 bits per heavy atom. The van der Waals surface area contributed by atoms with Crippen molar-refractivity contribution in [1.29, 1.82) is 0 Å². The Balaban J connectivity index is 2.26. The Hall–Kier alpha value is -1.75. The lowest BCUT2D eigenvalue weighted by Gasteiger charge is -2.20. The summed E-state index contributed by atoms with van der Waals surface area (Å²) in [7, 11) is 1.82. The molecule has 0 atom stereocenters. The molecule has 0 saturated carbocycles. The Morgan fingerprint density at radius 3 is 2.89 bits per heavy atom. The molecular weight excluding hydrogens is 251 g/mol. The quantitative estimate of drug-likeness (QED) is 0.796. The molecule has 0 spiro atoms. The molecule has 0 unspecified atom stereocenters. The molecule has 94 valence electrons. The van der Waals surface area contributed by atoms with Gasteiger partial charge in [-0.3, -0.25) is 4.79 Å². The first-order chi connectivity index (χ1) is 8.61. The maximum Gasteiger partial charge on any atom is 0.155 e. The van der Waals surface area contributed by atoms with Crippen molar-refractivity contribution in [2.75, 3.05) is 11.9 Å². The van der Waals surface area contributed by atoms with Gasteiger partial charge >= 0.3 is 0 Å². The summed E-state index contributed by atoms with van der Waals surface area (Å²) in [4.78, 5) is 17.1. The fourth-order valence-corrected chi connectivity index (χ4v) is 2.39. The molecule has 2 rings (SSSR count). The van der Waals surface area contributed by atoms with Crippen LogP contribution in [0, 0.1) is 12.7 Å². The number of hydrogen-bond acceptors (Lipinski definition) is 4. The zero-order valence-corrected chi connectivity index (χ0v) is 11.0. The van der Waals surface area contributed by atoms with E-state index in [1.807, 2.05) is 24.3 Å². The van der Waals surface area contributed by atoms with Crippen LogP contribution in [0.1, 0.15) is 21.1 Å². The van der Waals surface area contributed by atoms with Gasteiger partial charge in [-0.15, -0.1) is 11.3 Å². The highest BCUT2D eigenvalue weighted by molar-refractivity contribution is 7.09. The highest BCUT2D eigenvalue weighted by Gasteiger charge is 2.12. The van der Waals surface area contributed by atoms with Crippen LogP contribution in [-0.4, -0.2) is 18.3 Å². The predicted octanol–water partition coefficient (Wildman–Crippen LogP) is 3.04. The largest absolute Gasteiger partial charge is 0.368 e. The maximum atomic E-state index is 13.5. The molecule has 0 fully saturated rings. The lowest BCUT2D eigenvalue weighted by atomic mass is 10.1. The second-order valence-corrected chi connectivity index (χ2v) is 5.07. The van der Waals surface area contributed by atoms with E-state index in [1.165, 1.54) is 6.07 Å². The van der Waals surface area contributed by atoms with Crippen LogP contribution in [0.15, 0.2) is 23.6 Å². The van der Waals surface area contributed by atoms with Gasteiger partial charge in [0.1, 0.15) is 5.82 Å². The van der Waals surface area contributed by atoms with Gasteiger partial charge in [0, 0.05) is 12.4 Å². The minimum absolute atomic E-state index is 0.0898. The van der Waals surface area contributed by atoms with Gasteiger partial charge in [0.05, 0.1) is 28.5 Å². The fourth-order valence-electron chi connectivity index (χ4n) is 1.78. The third kappa shape index (κ3) is 2.56. The number of aryl methyl sites for hydroxylation is 1. The van der Waals surface area contributed by atoms with Gasteiger partial charge in [0.2, 0.25) is 0 Å². The van der Waals surface area contributed by atoms with E-state index >= 15 is 0 Å². The summed E-state index contributed by atoms with van der Waals surface area (Å²) in [6.45, 7) is 2.49. The molecule has 0 amide bonds. The highest BCUT2D eigenvalue weighted by Crippen LogP contribution is 2.22. The maximum absolute atomic E-state index is 13.5. The first kappa shape index (κ1) is 12.7. The van der Waals surface area contributed by atoms with Crippen LogP contribution in [0.5, 0.6) is 0 Å². The smallest absolute Gasteiger partial charge is 0.155 e. The van der Waals surface area contributed by atoms with Crippen LogP contribution in [-0.2, 0) is 6.54 Å². The molecule has 3 nitrogen and oxygen atoms in total. The number of aldehydes is 1.